The number of nitrogens with zero attached hydrogens (tertiary/aromatic N) is 2. The number of nitro benzene ring substituents is 1. The molecule has 10 heteroatoms. The van der Waals surface area contributed by atoms with E-state index >= 15 is 0 Å². The van der Waals surface area contributed by atoms with Gasteiger partial charge in [0.1, 0.15) is 11.8 Å². The number of rotatable bonds is 7. The van der Waals surface area contributed by atoms with Crippen LogP contribution in [0.3, 0.4) is 0 Å². The molecule has 0 bridgehead atoms. The molecule has 1 unspecified atom stereocenters. The van der Waals surface area contributed by atoms with Crippen LogP contribution in [0.5, 0.6) is 11.5 Å². The number of carbonyl (C=O) groups excluding carboxylic acids is 1. The molecule has 0 aliphatic rings. The maximum atomic E-state index is 12.1. The number of anilines is 1. The predicted octanol–water partition coefficient (Wildman–Crippen LogP) is 3.02. The molecule has 0 fully saturated rings. The maximum Gasteiger partial charge on any atom is 0.312 e. The summed E-state index contributed by atoms with van der Waals surface area (Å²) in [6, 6.07) is 9.07. The first-order valence-corrected chi connectivity index (χ1v) is 8.51. The van der Waals surface area contributed by atoms with Gasteiger partial charge in [0.05, 0.1) is 18.2 Å². The fourth-order valence-corrected chi connectivity index (χ4v) is 2.57. The number of benzene rings is 2. The Balaban J connectivity index is 2.00. The molecule has 3 N–H and O–H groups in total. The minimum Gasteiger partial charge on any atom is -0.502 e. The molecule has 0 heterocycles. The summed E-state index contributed by atoms with van der Waals surface area (Å²) >= 11 is 3.12. The van der Waals surface area contributed by atoms with Crippen molar-refractivity contribution < 1.29 is 19.6 Å². The summed E-state index contributed by atoms with van der Waals surface area (Å²) in [6.07, 6.45) is 1.13. The number of hydrogen-bond donors (Lipinski definition) is 3. The van der Waals surface area contributed by atoms with Gasteiger partial charge in [-0.05, 0) is 37.3 Å². The Morgan fingerprint density at radius 3 is 2.63 bits per heavy atom. The summed E-state index contributed by atoms with van der Waals surface area (Å²) in [5.74, 6) is -0.262. The molecule has 2 rings (SSSR count). The van der Waals surface area contributed by atoms with Gasteiger partial charge in [0, 0.05) is 21.8 Å². The first kappa shape index (κ1) is 20.2. The second-order valence-electron chi connectivity index (χ2n) is 5.45. The van der Waals surface area contributed by atoms with Gasteiger partial charge >= 0.3 is 5.69 Å². The molecule has 0 saturated heterocycles. The number of carbonyl (C=O) groups is 1. The van der Waals surface area contributed by atoms with Gasteiger partial charge in [0.2, 0.25) is 5.75 Å². The average molecular weight is 437 g/mol. The maximum absolute atomic E-state index is 12.1. The van der Waals surface area contributed by atoms with Crippen molar-refractivity contribution >= 4 is 39.4 Å². The fraction of sp³-hybridized carbons (Fsp3) is 0.176. The number of nitrogens with one attached hydrogen (secondary N) is 2. The van der Waals surface area contributed by atoms with Crippen LogP contribution in [0.2, 0.25) is 0 Å². The third-order valence-electron chi connectivity index (χ3n) is 3.53. The van der Waals surface area contributed by atoms with Gasteiger partial charge in [-0.15, -0.1) is 0 Å². The van der Waals surface area contributed by atoms with Crippen molar-refractivity contribution in [3.8, 4) is 11.5 Å². The van der Waals surface area contributed by atoms with Crippen LogP contribution in [0.4, 0.5) is 11.4 Å². The molecule has 2 aromatic carbocycles. The minimum absolute atomic E-state index is 0.0899. The van der Waals surface area contributed by atoms with Gasteiger partial charge in [0.15, 0.2) is 0 Å². The Hall–Kier alpha value is -3.14. The Bertz CT molecular complexity index is 870. The topological polar surface area (TPSA) is 126 Å². The van der Waals surface area contributed by atoms with Crippen molar-refractivity contribution in [3.05, 3.63) is 56.5 Å². The highest BCUT2D eigenvalue weighted by Crippen LogP contribution is 2.32. The van der Waals surface area contributed by atoms with E-state index in [1.54, 1.807) is 38.3 Å². The monoisotopic (exact) mass is 436 g/mol. The Morgan fingerprint density at radius 1 is 1.37 bits per heavy atom. The van der Waals surface area contributed by atoms with Gasteiger partial charge < -0.3 is 15.2 Å². The van der Waals surface area contributed by atoms with Gasteiger partial charge in [-0.3, -0.25) is 14.9 Å². The summed E-state index contributed by atoms with van der Waals surface area (Å²) in [7, 11) is 1.56. The normalized spacial score (nSPS) is 11.8. The molecule has 27 heavy (non-hydrogen) atoms. The predicted molar refractivity (Wildman–Crippen MR) is 104 cm³/mol. The van der Waals surface area contributed by atoms with E-state index in [1.807, 2.05) is 0 Å². The SMILES string of the molecule is COc1ccc(NC(C)C(=O)N/N=C/c2cc(Br)cc([N+](=O)[O-])c2O)cc1. The summed E-state index contributed by atoms with van der Waals surface area (Å²) in [5.41, 5.74) is 2.66. The number of halogens is 1. The highest BCUT2D eigenvalue weighted by Gasteiger charge is 2.18. The molecular formula is C17H17BrN4O5. The number of hydrazone groups is 1. The number of methoxy groups -OCH3 is 1. The first-order chi connectivity index (χ1) is 12.8. The van der Waals surface area contributed by atoms with Gasteiger partial charge in [0.25, 0.3) is 5.91 Å². The molecule has 0 spiro atoms. The van der Waals surface area contributed by atoms with E-state index in [0.717, 1.165) is 11.9 Å². The van der Waals surface area contributed by atoms with Crippen LogP contribution in [-0.4, -0.2) is 35.3 Å². The van der Waals surface area contributed by atoms with Crippen LogP contribution in [0.1, 0.15) is 12.5 Å². The quantitative estimate of drug-likeness (QED) is 0.347. The number of nitro groups is 1. The number of aromatic hydroxyl groups is 1. The third kappa shape index (κ3) is 5.42. The molecular weight excluding hydrogens is 420 g/mol. The lowest BCUT2D eigenvalue weighted by Gasteiger charge is -2.13. The second kappa shape index (κ2) is 8.99. The molecule has 9 nitrogen and oxygen atoms in total. The molecule has 0 aliphatic heterocycles. The van der Waals surface area contributed by atoms with Gasteiger partial charge in [-0.1, -0.05) is 15.9 Å². The summed E-state index contributed by atoms with van der Waals surface area (Å²) in [6.45, 7) is 1.65. The Morgan fingerprint density at radius 2 is 2.04 bits per heavy atom. The van der Waals surface area contributed by atoms with Crippen LogP contribution < -0.4 is 15.5 Å². The van der Waals surface area contributed by atoms with E-state index < -0.39 is 28.3 Å². The molecule has 142 valence electrons. The van der Waals surface area contributed by atoms with Crippen LogP contribution >= 0.6 is 15.9 Å². The lowest BCUT2D eigenvalue weighted by atomic mass is 10.2. The summed E-state index contributed by atoms with van der Waals surface area (Å²) < 4.78 is 5.46. The van der Waals surface area contributed by atoms with Crippen molar-refractivity contribution in [1.29, 1.82) is 0 Å². The van der Waals surface area contributed by atoms with Crippen molar-refractivity contribution in [3.63, 3.8) is 0 Å². The van der Waals surface area contributed by atoms with Crippen molar-refractivity contribution in [2.24, 2.45) is 5.10 Å². The average Bonchev–Trinajstić information content (AvgIpc) is 2.64. The van der Waals surface area contributed by atoms with E-state index in [2.05, 4.69) is 31.8 Å². The molecule has 0 radical (unpaired) electrons. The minimum atomic E-state index is -0.711. The Kier molecular flexibility index (Phi) is 6.72. The van der Waals surface area contributed by atoms with E-state index in [4.69, 9.17) is 4.74 Å². The van der Waals surface area contributed by atoms with Gasteiger partial charge in [-0.2, -0.15) is 5.10 Å². The number of amides is 1. The largest absolute Gasteiger partial charge is 0.502 e. The van der Waals surface area contributed by atoms with Gasteiger partial charge in [-0.25, -0.2) is 5.43 Å². The Labute approximate surface area is 163 Å². The van der Waals surface area contributed by atoms with Crippen LogP contribution in [-0.2, 0) is 4.79 Å². The summed E-state index contributed by atoms with van der Waals surface area (Å²) in [4.78, 5) is 22.3. The fourth-order valence-electron chi connectivity index (χ4n) is 2.11. The standard InChI is InChI=1S/C17H17BrN4O5/c1-10(20-13-3-5-14(27-2)6-4-13)17(24)21-19-9-11-7-12(18)8-15(16(11)23)22(25)26/h3-10,20,23H,1-2H3,(H,21,24)/b19-9+. The van der Waals surface area contributed by atoms with E-state index in [0.29, 0.717) is 10.2 Å². The number of phenols is 1. The van der Waals surface area contributed by atoms with E-state index in [1.165, 1.54) is 12.1 Å². The lowest BCUT2D eigenvalue weighted by molar-refractivity contribution is -0.385. The molecule has 0 saturated carbocycles. The second-order valence-corrected chi connectivity index (χ2v) is 6.36. The number of ether oxygens (including phenoxy) is 1. The lowest BCUT2D eigenvalue weighted by Crippen LogP contribution is -2.34. The van der Waals surface area contributed by atoms with Crippen molar-refractivity contribution in [2.75, 3.05) is 12.4 Å². The highest BCUT2D eigenvalue weighted by atomic mass is 79.9. The summed E-state index contributed by atoms with van der Waals surface area (Å²) in [5, 5.41) is 27.6. The first-order valence-electron chi connectivity index (χ1n) is 7.72. The van der Waals surface area contributed by atoms with Crippen LogP contribution in [0, 0.1) is 10.1 Å². The van der Waals surface area contributed by atoms with Crippen LogP contribution in [0.25, 0.3) is 0 Å². The van der Waals surface area contributed by atoms with Crippen molar-refractivity contribution in [2.45, 2.75) is 13.0 Å². The van der Waals surface area contributed by atoms with E-state index in [9.17, 15) is 20.0 Å². The number of hydrogen-bond acceptors (Lipinski definition) is 7. The molecule has 0 aliphatic carbocycles. The molecule has 1 atom stereocenters. The highest BCUT2D eigenvalue weighted by molar-refractivity contribution is 9.10. The molecule has 2 aromatic rings. The number of phenolic OH excluding ortho intramolecular Hbond substituents is 1. The van der Waals surface area contributed by atoms with Crippen LogP contribution in [0.15, 0.2) is 46.0 Å². The zero-order valence-electron chi connectivity index (χ0n) is 14.5. The zero-order valence-corrected chi connectivity index (χ0v) is 16.1. The molecule has 0 aromatic heterocycles. The zero-order chi connectivity index (χ0) is 20.0. The smallest absolute Gasteiger partial charge is 0.312 e. The van der Waals surface area contributed by atoms with Crippen molar-refractivity contribution in [1.82, 2.24) is 5.43 Å². The molecule has 1 amide bonds. The third-order valence-corrected chi connectivity index (χ3v) is 3.98. The van der Waals surface area contributed by atoms with E-state index in [-0.39, 0.29) is 5.56 Å².